The first kappa shape index (κ1) is 22.7. The van der Waals surface area contributed by atoms with Gasteiger partial charge in [0.25, 0.3) is 0 Å². The van der Waals surface area contributed by atoms with Crippen molar-refractivity contribution in [3.63, 3.8) is 0 Å². The number of nitrogens with two attached hydrogens (primary N) is 1. The number of anilines is 1. The molecule has 0 spiro atoms. The normalized spacial score (nSPS) is 11.7. The van der Waals surface area contributed by atoms with Crippen LogP contribution in [0.2, 0.25) is 0 Å². The number of fused-ring (bicyclic) bond motifs is 1. The van der Waals surface area contributed by atoms with E-state index in [9.17, 15) is 13.2 Å². The lowest BCUT2D eigenvalue weighted by Gasteiger charge is -2.21. The van der Waals surface area contributed by atoms with Gasteiger partial charge in [-0.25, -0.2) is 9.97 Å². The molecule has 0 aliphatic rings. The van der Waals surface area contributed by atoms with Crippen LogP contribution >= 0.6 is 0 Å². The van der Waals surface area contributed by atoms with Gasteiger partial charge in [-0.05, 0) is 60.8 Å². The molecule has 0 aliphatic carbocycles. The van der Waals surface area contributed by atoms with Gasteiger partial charge >= 0.3 is 6.18 Å². The number of aryl methyl sites for hydroxylation is 1. The van der Waals surface area contributed by atoms with Gasteiger partial charge in [0.15, 0.2) is 5.82 Å². The Hall–Kier alpha value is -3.45. The third-order valence-corrected chi connectivity index (χ3v) is 5.59. The number of halogens is 3. The topological polar surface area (TPSA) is 55.0 Å². The van der Waals surface area contributed by atoms with Crippen LogP contribution in [0.4, 0.5) is 19.0 Å². The van der Waals surface area contributed by atoms with Crippen LogP contribution < -0.4 is 10.6 Å². The minimum absolute atomic E-state index is 0.259. The van der Waals surface area contributed by atoms with Gasteiger partial charge in [0.05, 0.1) is 11.1 Å². The lowest BCUT2D eigenvalue weighted by Crippen LogP contribution is -2.22. The molecule has 4 aromatic rings. The predicted octanol–water partition coefficient (Wildman–Crippen LogP) is 6.08. The summed E-state index contributed by atoms with van der Waals surface area (Å²) in [5, 5.41) is 0.855. The Morgan fingerprint density at radius 2 is 1.61 bits per heavy atom. The van der Waals surface area contributed by atoms with E-state index in [0.29, 0.717) is 35.6 Å². The number of rotatable bonds is 6. The minimum Gasteiger partial charge on any atom is -0.359 e. The largest absolute Gasteiger partial charge is 0.416 e. The molecule has 0 atom stereocenters. The van der Waals surface area contributed by atoms with Crippen molar-refractivity contribution >= 4 is 16.7 Å². The highest BCUT2D eigenvalue weighted by Crippen LogP contribution is 2.37. The molecule has 4 rings (SSSR count). The van der Waals surface area contributed by atoms with Crippen molar-refractivity contribution < 1.29 is 13.2 Å². The average Bonchev–Trinajstić information content (AvgIpc) is 2.82. The highest BCUT2D eigenvalue weighted by atomic mass is 19.4. The van der Waals surface area contributed by atoms with E-state index >= 15 is 0 Å². The molecule has 0 radical (unpaired) electrons. The van der Waals surface area contributed by atoms with Crippen LogP contribution in [0.5, 0.6) is 0 Å². The maximum absolute atomic E-state index is 13.8. The van der Waals surface area contributed by atoms with Crippen LogP contribution in [0.15, 0.2) is 66.7 Å². The molecule has 7 heteroatoms. The molecule has 1 heterocycles. The first-order chi connectivity index (χ1) is 15.8. The van der Waals surface area contributed by atoms with Gasteiger partial charge < -0.3 is 10.6 Å². The molecule has 0 fully saturated rings. The second-order valence-electron chi connectivity index (χ2n) is 8.07. The Morgan fingerprint density at radius 1 is 0.879 bits per heavy atom. The van der Waals surface area contributed by atoms with Crippen LogP contribution in [0.25, 0.3) is 33.4 Å². The van der Waals surface area contributed by atoms with Crippen LogP contribution in [0.3, 0.4) is 0 Å². The summed E-state index contributed by atoms with van der Waals surface area (Å²) >= 11 is 0. The zero-order chi connectivity index (χ0) is 23.6. The molecule has 170 valence electrons. The first-order valence-electron chi connectivity index (χ1n) is 10.7. The Morgan fingerprint density at radius 3 is 2.30 bits per heavy atom. The van der Waals surface area contributed by atoms with Gasteiger partial charge in [-0.15, -0.1) is 0 Å². The summed E-state index contributed by atoms with van der Waals surface area (Å²) in [6, 6.07) is 18.8. The lowest BCUT2D eigenvalue weighted by atomic mass is 9.99. The smallest absolute Gasteiger partial charge is 0.359 e. The van der Waals surface area contributed by atoms with Crippen molar-refractivity contribution in [2.75, 3.05) is 25.0 Å². The number of para-hydroxylation sites is 1. The van der Waals surface area contributed by atoms with Crippen LogP contribution in [-0.4, -0.2) is 30.1 Å². The van der Waals surface area contributed by atoms with E-state index in [1.807, 2.05) is 43.1 Å². The van der Waals surface area contributed by atoms with Crippen LogP contribution in [-0.2, 0) is 6.18 Å². The molecule has 0 bridgehead atoms. The number of aromatic nitrogens is 2. The molecule has 0 saturated carbocycles. The summed E-state index contributed by atoms with van der Waals surface area (Å²) < 4.78 is 41.3. The molecule has 2 N–H and O–H groups in total. The van der Waals surface area contributed by atoms with Crippen molar-refractivity contribution in [2.45, 2.75) is 19.5 Å². The van der Waals surface area contributed by atoms with Crippen molar-refractivity contribution in [3.8, 4) is 22.5 Å². The molecule has 0 unspecified atom stereocenters. The third-order valence-electron chi connectivity index (χ3n) is 5.59. The minimum atomic E-state index is -4.49. The van der Waals surface area contributed by atoms with E-state index in [-0.39, 0.29) is 5.82 Å². The van der Waals surface area contributed by atoms with E-state index in [2.05, 4.69) is 0 Å². The average molecular weight is 451 g/mol. The molecule has 0 aliphatic heterocycles. The molecule has 1 aromatic heterocycles. The zero-order valence-electron chi connectivity index (χ0n) is 18.5. The van der Waals surface area contributed by atoms with Gasteiger partial charge in [-0.2, -0.15) is 13.2 Å². The highest BCUT2D eigenvalue weighted by Gasteiger charge is 2.32. The maximum atomic E-state index is 13.8. The fraction of sp³-hybridized carbons (Fsp3) is 0.231. The van der Waals surface area contributed by atoms with Gasteiger partial charge in [0.2, 0.25) is 0 Å². The highest BCUT2D eigenvalue weighted by molar-refractivity contribution is 5.93. The third kappa shape index (κ3) is 4.83. The maximum Gasteiger partial charge on any atom is 0.416 e. The fourth-order valence-corrected chi connectivity index (χ4v) is 3.85. The van der Waals surface area contributed by atoms with Gasteiger partial charge in [0.1, 0.15) is 5.82 Å². The molecule has 33 heavy (non-hydrogen) atoms. The Labute approximate surface area is 190 Å². The predicted molar refractivity (Wildman–Crippen MR) is 127 cm³/mol. The summed E-state index contributed by atoms with van der Waals surface area (Å²) in [6.45, 7) is 3.14. The quantitative estimate of drug-likeness (QED) is 0.387. The molecular weight excluding hydrogens is 425 g/mol. The number of hydrogen-bond acceptors (Lipinski definition) is 4. The summed E-state index contributed by atoms with van der Waals surface area (Å²) in [4.78, 5) is 11.4. The Balaban J connectivity index is 1.95. The van der Waals surface area contributed by atoms with Crippen molar-refractivity contribution in [2.24, 2.45) is 5.73 Å². The second-order valence-corrected chi connectivity index (χ2v) is 8.07. The molecule has 4 nitrogen and oxygen atoms in total. The monoisotopic (exact) mass is 450 g/mol. The summed E-state index contributed by atoms with van der Waals surface area (Å²) in [6.07, 6.45) is -3.72. The van der Waals surface area contributed by atoms with Gasteiger partial charge in [-0.1, -0.05) is 42.5 Å². The van der Waals surface area contributed by atoms with Crippen LogP contribution in [0.1, 0.15) is 17.5 Å². The SMILES string of the molecule is Cc1cccc2c(N(C)CCCN)nc(-c3cc(-c4ccccc4)cc(C(F)(F)F)c3)nc12. The number of hydrogen-bond donors (Lipinski definition) is 1. The van der Waals surface area contributed by atoms with E-state index in [4.69, 9.17) is 15.7 Å². The molecular formula is C26H25F3N4. The van der Waals surface area contributed by atoms with E-state index < -0.39 is 11.7 Å². The Bertz CT molecular complexity index is 1270. The molecule has 0 amide bonds. The number of alkyl halides is 3. The van der Waals surface area contributed by atoms with Crippen molar-refractivity contribution in [1.82, 2.24) is 9.97 Å². The zero-order valence-corrected chi connectivity index (χ0v) is 18.5. The van der Waals surface area contributed by atoms with Crippen molar-refractivity contribution in [3.05, 3.63) is 77.9 Å². The molecule has 3 aromatic carbocycles. The summed E-state index contributed by atoms with van der Waals surface area (Å²) in [5.74, 6) is 0.931. The Kier molecular flexibility index (Phi) is 6.33. The first-order valence-corrected chi connectivity index (χ1v) is 10.7. The standard InChI is InChI=1S/C26H25F3N4/c1-17-8-6-11-22-23(17)31-24(32-25(22)33(2)13-7-12-30)20-14-19(18-9-4-3-5-10-18)15-21(16-20)26(27,28)29/h3-6,8-11,14-16H,7,12-13,30H2,1-2H3. The van der Waals surface area contributed by atoms with E-state index in [1.165, 1.54) is 6.07 Å². The van der Waals surface area contributed by atoms with Crippen molar-refractivity contribution in [1.29, 1.82) is 0 Å². The van der Waals surface area contributed by atoms with E-state index in [1.54, 1.807) is 30.3 Å². The van der Waals surface area contributed by atoms with E-state index in [0.717, 1.165) is 29.0 Å². The summed E-state index contributed by atoms with van der Waals surface area (Å²) in [7, 11) is 1.91. The number of nitrogens with zero attached hydrogens (tertiary/aromatic N) is 3. The van der Waals surface area contributed by atoms with Gasteiger partial charge in [-0.3, -0.25) is 0 Å². The lowest BCUT2D eigenvalue weighted by molar-refractivity contribution is -0.137. The summed E-state index contributed by atoms with van der Waals surface area (Å²) in [5.41, 5.74) is 8.08. The van der Waals surface area contributed by atoms with Crippen LogP contribution in [0, 0.1) is 6.92 Å². The van der Waals surface area contributed by atoms with Gasteiger partial charge in [0, 0.05) is 24.5 Å². The number of benzene rings is 3. The fourth-order valence-electron chi connectivity index (χ4n) is 3.85. The molecule has 0 saturated heterocycles. The second kappa shape index (κ2) is 9.19.